The largest absolute Gasteiger partial charge is 0.464 e. The van der Waals surface area contributed by atoms with Crippen LogP contribution in [0.4, 0.5) is 0 Å². The Balaban J connectivity index is 2.14. The van der Waals surface area contributed by atoms with Gasteiger partial charge in [-0.1, -0.05) is 59.7 Å². The van der Waals surface area contributed by atoms with Crippen molar-refractivity contribution < 1.29 is 23.1 Å². The molecular weight excluding hydrogens is 438 g/mol. The van der Waals surface area contributed by atoms with Gasteiger partial charge in [0.15, 0.2) is 6.10 Å². The van der Waals surface area contributed by atoms with Gasteiger partial charge >= 0.3 is 5.97 Å². The number of carbonyl (C=O) groups is 1. The fourth-order valence-corrected chi connectivity index (χ4v) is 5.50. The van der Waals surface area contributed by atoms with Crippen LogP contribution in [0.1, 0.15) is 29.7 Å². The average Bonchev–Trinajstić information content (AvgIpc) is 3.14. The Morgan fingerprint density at radius 2 is 1.61 bits per heavy atom. The molecule has 4 rings (SSSR count). The number of carbonyl (C=O) groups excluding carboxylic acids is 1. The van der Waals surface area contributed by atoms with Gasteiger partial charge in [-0.05, 0) is 50.6 Å². The molecule has 0 aliphatic rings. The number of aliphatic hydroxyl groups excluding tert-OH is 1. The molecule has 0 saturated carbocycles. The van der Waals surface area contributed by atoms with Gasteiger partial charge in [0.2, 0.25) is 0 Å². The lowest BCUT2D eigenvalue weighted by molar-refractivity contribution is -0.153. The van der Waals surface area contributed by atoms with Crippen LogP contribution in [-0.4, -0.2) is 30.1 Å². The zero-order valence-electron chi connectivity index (χ0n) is 18.6. The summed E-state index contributed by atoms with van der Waals surface area (Å²) in [7, 11) is -4.07. The summed E-state index contributed by atoms with van der Waals surface area (Å²) in [4.78, 5) is 12.7. The number of ether oxygens (including phenoxy) is 1. The van der Waals surface area contributed by atoms with Crippen LogP contribution in [0.2, 0.25) is 0 Å². The van der Waals surface area contributed by atoms with Crippen molar-refractivity contribution in [3.63, 3.8) is 0 Å². The van der Waals surface area contributed by atoms with Crippen molar-refractivity contribution in [1.82, 2.24) is 3.97 Å². The molecule has 7 heteroatoms. The van der Waals surface area contributed by atoms with Crippen LogP contribution < -0.4 is 0 Å². The lowest BCUT2D eigenvalue weighted by atomic mass is 10.00. The van der Waals surface area contributed by atoms with Gasteiger partial charge in [0.05, 0.1) is 22.7 Å². The maximum atomic E-state index is 13.9. The summed E-state index contributed by atoms with van der Waals surface area (Å²) in [6, 6.07) is 20.7. The third-order valence-corrected chi connectivity index (χ3v) is 7.24. The van der Waals surface area contributed by atoms with E-state index in [-0.39, 0.29) is 22.8 Å². The Bertz CT molecular complexity index is 1420. The number of fused-ring (bicyclic) bond motifs is 1. The summed E-state index contributed by atoms with van der Waals surface area (Å²) in [5.74, 6) is -0.831. The lowest BCUT2D eigenvalue weighted by Gasteiger charge is -2.16. The van der Waals surface area contributed by atoms with Crippen LogP contribution in [0.15, 0.2) is 77.7 Å². The van der Waals surface area contributed by atoms with Gasteiger partial charge in [-0.15, -0.1) is 0 Å². The van der Waals surface area contributed by atoms with E-state index < -0.39 is 22.1 Å². The minimum absolute atomic E-state index is 0.0932. The zero-order valence-corrected chi connectivity index (χ0v) is 19.5. The molecule has 1 unspecified atom stereocenters. The minimum Gasteiger partial charge on any atom is -0.464 e. The van der Waals surface area contributed by atoms with E-state index in [4.69, 9.17) is 4.74 Å². The lowest BCUT2D eigenvalue weighted by Crippen LogP contribution is -2.18. The Morgan fingerprint density at radius 1 is 0.970 bits per heavy atom. The molecule has 1 heterocycles. The van der Waals surface area contributed by atoms with Crippen LogP contribution in [0, 0.1) is 13.8 Å². The van der Waals surface area contributed by atoms with E-state index in [2.05, 4.69) is 0 Å². The van der Waals surface area contributed by atoms with E-state index in [1.807, 2.05) is 19.9 Å². The monoisotopic (exact) mass is 463 g/mol. The molecular formula is C26H25NO5S. The maximum absolute atomic E-state index is 13.9. The van der Waals surface area contributed by atoms with Gasteiger partial charge in [-0.3, -0.25) is 0 Å². The fraction of sp³-hybridized carbons (Fsp3) is 0.192. The molecule has 0 aliphatic carbocycles. The van der Waals surface area contributed by atoms with Crippen molar-refractivity contribution in [2.45, 2.75) is 31.8 Å². The van der Waals surface area contributed by atoms with E-state index in [1.54, 1.807) is 73.7 Å². The van der Waals surface area contributed by atoms with Crippen molar-refractivity contribution in [2.24, 2.45) is 0 Å². The highest BCUT2D eigenvalue weighted by Gasteiger charge is 2.33. The summed E-state index contributed by atoms with van der Waals surface area (Å²) in [6.07, 6.45) is -1.65. The second kappa shape index (κ2) is 8.84. The Labute approximate surface area is 193 Å². The fourth-order valence-electron chi connectivity index (χ4n) is 3.95. The number of rotatable bonds is 6. The Kier molecular flexibility index (Phi) is 6.10. The molecule has 1 N–H and O–H groups in total. The van der Waals surface area contributed by atoms with Gasteiger partial charge < -0.3 is 9.84 Å². The summed E-state index contributed by atoms with van der Waals surface area (Å²) in [6.45, 7) is 5.50. The van der Waals surface area contributed by atoms with Crippen LogP contribution in [0.3, 0.4) is 0 Å². The smallest absolute Gasteiger partial charge is 0.339 e. The number of hydrogen-bond acceptors (Lipinski definition) is 5. The first kappa shape index (κ1) is 22.8. The van der Waals surface area contributed by atoms with Gasteiger partial charge in [-0.2, -0.15) is 0 Å². The van der Waals surface area contributed by atoms with Gasteiger partial charge in [0.25, 0.3) is 10.0 Å². The van der Waals surface area contributed by atoms with E-state index >= 15 is 0 Å². The number of aliphatic hydroxyl groups is 1. The number of aryl methyl sites for hydroxylation is 2. The van der Waals surface area contributed by atoms with E-state index in [9.17, 15) is 18.3 Å². The molecule has 0 fully saturated rings. The molecule has 1 atom stereocenters. The second-order valence-corrected chi connectivity index (χ2v) is 9.67. The van der Waals surface area contributed by atoms with Crippen molar-refractivity contribution in [3.05, 3.63) is 89.5 Å². The third-order valence-electron chi connectivity index (χ3n) is 5.51. The molecule has 170 valence electrons. The first-order chi connectivity index (χ1) is 15.8. The van der Waals surface area contributed by atoms with Crippen molar-refractivity contribution in [3.8, 4) is 11.3 Å². The van der Waals surface area contributed by atoms with Crippen molar-refractivity contribution in [1.29, 1.82) is 0 Å². The first-order valence-corrected chi connectivity index (χ1v) is 12.1. The highest BCUT2D eigenvalue weighted by atomic mass is 32.2. The predicted molar refractivity (Wildman–Crippen MR) is 127 cm³/mol. The number of aromatic nitrogens is 1. The third kappa shape index (κ3) is 4.05. The molecule has 0 saturated heterocycles. The molecule has 0 spiro atoms. The predicted octanol–water partition coefficient (Wildman–Crippen LogP) is 4.76. The molecule has 6 nitrogen and oxygen atoms in total. The van der Waals surface area contributed by atoms with Crippen LogP contribution in [-0.2, 0) is 19.6 Å². The van der Waals surface area contributed by atoms with Crippen LogP contribution in [0.5, 0.6) is 0 Å². The summed E-state index contributed by atoms with van der Waals surface area (Å²) in [5.41, 5.74) is 3.16. The zero-order chi connectivity index (χ0) is 23.8. The van der Waals surface area contributed by atoms with Gasteiger partial charge in [-0.25, -0.2) is 17.2 Å². The quantitative estimate of drug-likeness (QED) is 0.417. The second-order valence-electron chi connectivity index (χ2n) is 7.89. The highest BCUT2D eigenvalue weighted by molar-refractivity contribution is 7.90. The molecule has 33 heavy (non-hydrogen) atoms. The number of esters is 1. The molecule has 3 aromatic carbocycles. The van der Waals surface area contributed by atoms with Crippen LogP contribution in [0.25, 0.3) is 22.2 Å². The average molecular weight is 464 g/mol. The molecule has 4 aromatic rings. The molecule has 0 radical (unpaired) electrons. The standard InChI is InChI=1S/C26H25NO5S/c1-4-32-26(29)25(28)23-21-16-18(3)12-15-22(21)27(24(23)19-8-6-5-7-9-19)33(30,31)20-13-10-17(2)11-14-20/h5-16,25,28H,4H2,1-3H3. The summed E-state index contributed by atoms with van der Waals surface area (Å²) < 4.78 is 34.2. The van der Waals surface area contributed by atoms with Crippen LogP contribution >= 0.6 is 0 Å². The molecule has 0 aliphatic heterocycles. The first-order valence-electron chi connectivity index (χ1n) is 10.6. The topological polar surface area (TPSA) is 85.6 Å². The van der Waals surface area contributed by atoms with E-state index in [0.29, 0.717) is 16.5 Å². The highest BCUT2D eigenvalue weighted by Crippen LogP contribution is 2.40. The number of benzene rings is 3. The minimum atomic E-state index is -4.07. The number of hydrogen-bond donors (Lipinski definition) is 1. The Hall–Kier alpha value is -3.42. The molecule has 0 amide bonds. The molecule has 0 bridgehead atoms. The van der Waals surface area contributed by atoms with E-state index in [0.717, 1.165) is 11.1 Å². The number of nitrogens with zero attached hydrogens (tertiary/aromatic N) is 1. The van der Waals surface area contributed by atoms with Gasteiger partial charge in [0, 0.05) is 10.9 Å². The molecule has 1 aromatic heterocycles. The van der Waals surface area contributed by atoms with E-state index in [1.165, 1.54) is 3.97 Å². The Morgan fingerprint density at radius 3 is 2.24 bits per heavy atom. The van der Waals surface area contributed by atoms with Gasteiger partial charge in [0.1, 0.15) is 0 Å². The summed E-state index contributed by atoms with van der Waals surface area (Å²) >= 11 is 0. The maximum Gasteiger partial charge on any atom is 0.339 e. The normalized spacial score (nSPS) is 12.6. The SMILES string of the molecule is CCOC(=O)C(O)c1c(-c2ccccc2)n(S(=O)(=O)c2ccc(C)cc2)c2ccc(C)cc12. The van der Waals surface area contributed by atoms with Crippen molar-refractivity contribution >= 4 is 26.9 Å². The van der Waals surface area contributed by atoms with Crippen molar-refractivity contribution in [2.75, 3.05) is 6.61 Å². The summed E-state index contributed by atoms with van der Waals surface area (Å²) in [5, 5.41) is 11.5.